The van der Waals surface area contributed by atoms with Gasteiger partial charge < -0.3 is 10.6 Å². The van der Waals surface area contributed by atoms with Crippen molar-refractivity contribution in [1.82, 2.24) is 24.0 Å². The number of imidazole rings is 1. The molecule has 3 rings (SSSR count). The number of aryl methyl sites for hydroxylation is 1. The van der Waals surface area contributed by atoms with Crippen LogP contribution in [-0.4, -0.2) is 53.6 Å². The first-order chi connectivity index (χ1) is 14.6. The van der Waals surface area contributed by atoms with Crippen LogP contribution < -0.4 is 11.4 Å². The molecule has 0 spiro atoms. The third-order valence-corrected chi connectivity index (χ3v) is 6.60. The summed E-state index contributed by atoms with van der Waals surface area (Å²) in [5, 5.41) is -0.246. The number of aromatic nitrogens is 4. The number of nitrogen functional groups attached to an aromatic ring is 1. The van der Waals surface area contributed by atoms with Crippen LogP contribution in [0.25, 0.3) is 11.2 Å². The van der Waals surface area contributed by atoms with Crippen molar-refractivity contribution < 1.29 is 9.00 Å². The lowest BCUT2D eigenvalue weighted by Gasteiger charge is -2.16. The first kappa shape index (κ1) is 22.5. The normalized spacial score (nSPS) is 13.3. The molecule has 0 saturated carbocycles. The molecule has 3 N–H and O–H groups in total. The van der Waals surface area contributed by atoms with E-state index < -0.39 is 21.4 Å². The van der Waals surface area contributed by atoms with Gasteiger partial charge in [-0.2, -0.15) is 4.98 Å². The van der Waals surface area contributed by atoms with Crippen LogP contribution in [0.2, 0.25) is 0 Å². The van der Waals surface area contributed by atoms with E-state index in [-0.39, 0.29) is 34.4 Å². The fourth-order valence-electron chi connectivity index (χ4n) is 3.22. The molecule has 0 unspecified atom stereocenters. The van der Waals surface area contributed by atoms with Crippen molar-refractivity contribution in [1.29, 1.82) is 4.78 Å². The molecule has 0 saturated heterocycles. The summed E-state index contributed by atoms with van der Waals surface area (Å²) in [6, 6.07) is 7.04. The van der Waals surface area contributed by atoms with Crippen molar-refractivity contribution >= 4 is 32.7 Å². The molecule has 0 aliphatic carbocycles. The van der Waals surface area contributed by atoms with Gasteiger partial charge in [-0.15, -0.1) is 0 Å². The highest BCUT2D eigenvalue weighted by Gasteiger charge is 2.27. The molecule has 0 aliphatic heterocycles. The Bertz CT molecular complexity index is 1290. The second-order valence-corrected chi connectivity index (χ2v) is 9.71. The average Bonchev–Trinajstić information content (AvgIpc) is 3.01. The van der Waals surface area contributed by atoms with Gasteiger partial charge in [0.15, 0.2) is 11.5 Å². The van der Waals surface area contributed by atoms with E-state index in [0.29, 0.717) is 13.0 Å². The summed E-state index contributed by atoms with van der Waals surface area (Å²) in [6.45, 7) is 6.05. The maximum atomic E-state index is 13.3. The van der Waals surface area contributed by atoms with Crippen molar-refractivity contribution in [2.24, 2.45) is 0 Å². The Kier molecular flexibility index (Phi) is 6.16. The SMILES string of the molecule is CCCN(C)C(=O)n1c(=O)n(Cc2ccc(C)cc2)c2nc([S@](=N)(=O)CC)nc(N)c21. The first-order valence-electron chi connectivity index (χ1n) is 9.97. The predicted molar refractivity (Wildman–Crippen MR) is 120 cm³/mol. The van der Waals surface area contributed by atoms with Gasteiger partial charge in [-0.3, -0.25) is 4.57 Å². The zero-order chi connectivity index (χ0) is 22.9. The van der Waals surface area contributed by atoms with E-state index in [2.05, 4.69) is 9.97 Å². The molecule has 0 aliphatic rings. The lowest BCUT2D eigenvalue weighted by atomic mass is 10.1. The van der Waals surface area contributed by atoms with E-state index in [1.165, 1.54) is 9.47 Å². The number of rotatable bonds is 6. The van der Waals surface area contributed by atoms with Gasteiger partial charge in [0.05, 0.1) is 6.54 Å². The number of carbonyl (C=O) groups is 1. The molecule has 1 atom stereocenters. The quantitative estimate of drug-likeness (QED) is 0.558. The number of nitrogens with zero attached hydrogens (tertiary/aromatic N) is 5. The molecule has 0 fully saturated rings. The minimum atomic E-state index is -3.28. The number of benzene rings is 1. The third kappa shape index (κ3) is 4.18. The maximum absolute atomic E-state index is 13.3. The van der Waals surface area contributed by atoms with E-state index in [0.717, 1.165) is 15.7 Å². The Balaban J connectivity index is 2.32. The molecule has 0 bridgehead atoms. The second-order valence-electron chi connectivity index (χ2n) is 7.42. The van der Waals surface area contributed by atoms with Crippen molar-refractivity contribution in [3.05, 3.63) is 45.9 Å². The molecule has 1 amide bonds. The number of anilines is 1. The highest BCUT2D eigenvalue weighted by Crippen LogP contribution is 2.21. The minimum absolute atomic E-state index is 0.000974. The van der Waals surface area contributed by atoms with E-state index >= 15 is 0 Å². The van der Waals surface area contributed by atoms with Crippen LogP contribution in [0.15, 0.2) is 34.2 Å². The number of hydrogen-bond donors (Lipinski definition) is 2. The smallest absolute Gasteiger partial charge is 0.339 e. The molecule has 11 heteroatoms. The van der Waals surface area contributed by atoms with Gasteiger partial charge >= 0.3 is 11.7 Å². The summed E-state index contributed by atoms with van der Waals surface area (Å²) in [5.74, 6) is -0.162. The Labute approximate surface area is 180 Å². The van der Waals surface area contributed by atoms with Gasteiger partial charge in [0, 0.05) is 19.3 Å². The standard InChI is InChI=1S/C20H27N7O3S/c1-5-11-25(4)19(28)27-15-16(21)23-18(31(22,30)6-2)24-17(15)26(20(27)29)12-14-9-7-13(3)8-10-14/h7-10,22H,5-6,11-12H2,1-4H3,(H2,21,23,24)/t31-/m1/s1. The molecular formula is C20H27N7O3S. The molecule has 10 nitrogen and oxygen atoms in total. The first-order valence-corrected chi connectivity index (χ1v) is 11.7. The summed E-state index contributed by atoms with van der Waals surface area (Å²) >= 11 is 0. The van der Waals surface area contributed by atoms with E-state index in [1.807, 2.05) is 38.1 Å². The van der Waals surface area contributed by atoms with Crippen LogP contribution in [0, 0.1) is 11.7 Å². The van der Waals surface area contributed by atoms with Crippen LogP contribution >= 0.6 is 0 Å². The van der Waals surface area contributed by atoms with Crippen molar-refractivity contribution in [3.63, 3.8) is 0 Å². The molecule has 0 radical (unpaired) electrons. The number of nitrogens with one attached hydrogen (secondary N) is 1. The molecule has 3 aromatic rings. The second kappa shape index (κ2) is 8.50. The summed E-state index contributed by atoms with van der Waals surface area (Å²) in [5.41, 5.74) is 7.53. The van der Waals surface area contributed by atoms with Crippen LogP contribution in [0.4, 0.5) is 10.6 Å². The van der Waals surface area contributed by atoms with Crippen LogP contribution in [0.1, 0.15) is 31.4 Å². The summed E-state index contributed by atoms with van der Waals surface area (Å²) in [4.78, 5) is 36.1. The number of nitrogens with two attached hydrogens (primary N) is 1. The highest BCUT2D eigenvalue weighted by molar-refractivity contribution is 7.92. The number of amides is 1. The summed E-state index contributed by atoms with van der Waals surface area (Å²) < 4.78 is 22.9. The van der Waals surface area contributed by atoms with Crippen LogP contribution in [0.5, 0.6) is 0 Å². The Morgan fingerprint density at radius 3 is 2.45 bits per heavy atom. The van der Waals surface area contributed by atoms with Gasteiger partial charge in [-0.25, -0.2) is 28.1 Å². The topological polar surface area (TPSA) is 140 Å². The largest absolute Gasteiger partial charge is 0.382 e. The van der Waals surface area contributed by atoms with Gasteiger partial charge in [-0.1, -0.05) is 43.7 Å². The number of fused-ring (bicyclic) bond motifs is 1. The van der Waals surface area contributed by atoms with Crippen molar-refractivity contribution in [2.75, 3.05) is 25.1 Å². The fourth-order valence-corrected chi connectivity index (χ4v) is 3.96. The Hall–Kier alpha value is -3.21. The maximum Gasteiger partial charge on any atom is 0.339 e. The Morgan fingerprint density at radius 1 is 1.23 bits per heavy atom. The lowest BCUT2D eigenvalue weighted by molar-refractivity contribution is 0.210. The zero-order valence-corrected chi connectivity index (χ0v) is 18.9. The van der Waals surface area contributed by atoms with Gasteiger partial charge in [-0.05, 0) is 18.9 Å². The average molecular weight is 446 g/mol. The molecule has 31 heavy (non-hydrogen) atoms. The van der Waals surface area contributed by atoms with Crippen molar-refractivity contribution in [2.45, 2.75) is 38.9 Å². The number of carbonyl (C=O) groups excluding carboxylic acids is 1. The van der Waals surface area contributed by atoms with E-state index in [4.69, 9.17) is 10.5 Å². The van der Waals surface area contributed by atoms with Crippen molar-refractivity contribution in [3.8, 4) is 0 Å². The number of hydrogen-bond acceptors (Lipinski definition) is 7. The summed E-state index contributed by atoms with van der Waals surface area (Å²) in [7, 11) is -1.68. The predicted octanol–water partition coefficient (Wildman–Crippen LogP) is 2.27. The zero-order valence-electron chi connectivity index (χ0n) is 18.1. The van der Waals surface area contributed by atoms with E-state index in [9.17, 15) is 13.8 Å². The Morgan fingerprint density at radius 2 is 1.87 bits per heavy atom. The lowest BCUT2D eigenvalue weighted by Crippen LogP contribution is -2.38. The molecular weight excluding hydrogens is 418 g/mol. The fraction of sp³-hybridized carbons (Fsp3) is 0.400. The van der Waals surface area contributed by atoms with Gasteiger partial charge in [0.25, 0.3) is 0 Å². The summed E-state index contributed by atoms with van der Waals surface area (Å²) in [6.07, 6.45) is 0.715. The minimum Gasteiger partial charge on any atom is -0.382 e. The van der Waals surface area contributed by atoms with Gasteiger partial charge in [0.1, 0.15) is 15.2 Å². The monoisotopic (exact) mass is 445 g/mol. The highest BCUT2D eigenvalue weighted by atomic mass is 32.2. The van der Waals surface area contributed by atoms with Gasteiger partial charge in [0.2, 0.25) is 5.16 Å². The van der Waals surface area contributed by atoms with Crippen LogP contribution in [0.3, 0.4) is 0 Å². The van der Waals surface area contributed by atoms with Crippen LogP contribution in [-0.2, 0) is 16.3 Å². The third-order valence-electron chi connectivity index (χ3n) is 5.01. The molecule has 1 aromatic carbocycles. The molecule has 166 valence electrons. The molecule has 2 heterocycles. The molecule has 2 aromatic heterocycles. The van der Waals surface area contributed by atoms with E-state index in [1.54, 1.807) is 14.0 Å².